The smallest absolute Gasteiger partial charge is 0.294 e. The van der Waals surface area contributed by atoms with E-state index in [-0.39, 0.29) is 29.4 Å². The van der Waals surface area contributed by atoms with Crippen molar-refractivity contribution < 1.29 is 14.8 Å². The van der Waals surface area contributed by atoms with Crippen LogP contribution in [-0.4, -0.2) is 37.9 Å². The van der Waals surface area contributed by atoms with Gasteiger partial charge >= 0.3 is 0 Å². The molecular formula is C16H18N4O4. The Morgan fingerprint density at radius 1 is 1.25 bits per heavy atom. The number of para-hydroxylation sites is 2. The molecule has 2 aromatic rings. The Morgan fingerprint density at radius 3 is 2.67 bits per heavy atom. The number of nitrogens with one attached hydrogen (secondary N) is 1. The second kappa shape index (κ2) is 6.79. The molecule has 0 bridgehead atoms. The number of nitro groups is 1. The number of aliphatic hydroxyl groups excluding tert-OH is 1. The summed E-state index contributed by atoms with van der Waals surface area (Å²) in [6, 6.07) is 7.79. The van der Waals surface area contributed by atoms with Crippen molar-refractivity contribution in [2.45, 2.75) is 37.8 Å². The molecule has 24 heavy (non-hydrogen) atoms. The molecule has 0 radical (unpaired) electrons. The van der Waals surface area contributed by atoms with Gasteiger partial charge in [-0.25, -0.2) is 4.68 Å². The molecule has 1 aromatic heterocycles. The van der Waals surface area contributed by atoms with E-state index in [9.17, 15) is 20.0 Å². The second-order valence-electron chi connectivity index (χ2n) is 5.87. The molecule has 0 unspecified atom stereocenters. The van der Waals surface area contributed by atoms with Gasteiger partial charge in [0.15, 0.2) is 5.69 Å². The number of rotatable bonds is 4. The molecule has 0 saturated heterocycles. The Balaban J connectivity index is 1.74. The molecule has 8 heteroatoms. The van der Waals surface area contributed by atoms with E-state index in [1.54, 1.807) is 18.2 Å². The highest BCUT2D eigenvalue weighted by Gasteiger charge is 2.23. The number of carbonyl (C=O) groups is 1. The van der Waals surface area contributed by atoms with E-state index in [0.717, 1.165) is 12.8 Å². The summed E-state index contributed by atoms with van der Waals surface area (Å²) in [7, 11) is 0. The molecular weight excluding hydrogens is 312 g/mol. The van der Waals surface area contributed by atoms with E-state index >= 15 is 0 Å². The lowest BCUT2D eigenvalue weighted by Crippen LogP contribution is -2.38. The Morgan fingerprint density at radius 2 is 1.96 bits per heavy atom. The minimum Gasteiger partial charge on any atom is -0.393 e. The van der Waals surface area contributed by atoms with Gasteiger partial charge in [0.2, 0.25) is 0 Å². The predicted molar refractivity (Wildman–Crippen MR) is 85.9 cm³/mol. The number of aliphatic hydroxyl groups is 1. The van der Waals surface area contributed by atoms with Gasteiger partial charge < -0.3 is 10.4 Å². The van der Waals surface area contributed by atoms with Crippen LogP contribution in [0.4, 0.5) is 5.69 Å². The van der Waals surface area contributed by atoms with Crippen molar-refractivity contribution in [1.29, 1.82) is 0 Å². The average Bonchev–Trinajstić information content (AvgIpc) is 3.07. The first kappa shape index (κ1) is 16.1. The van der Waals surface area contributed by atoms with Crippen molar-refractivity contribution in [1.82, 2.24) is 15.1 Å². The van der Waals surface area contributed by atoms with Crippen LogP contribution in [0.15, 0.2) is 36.5 Å². The van der Waals surface area contributed by atoms with Crippen LogP contribution in [-0.2, 0) is 0 Å². The standard InChI is InChI=1S/C16H18N4O4/c21-12-7-5-11(6-8-12)17-16(22)13-9-10-19(18-13)14-3-1-2-4-15(14)20(23)24/h1-4,9-12,21H,5-8H2,(H,17,22). The summed E-state index contributed by atoms with van der Waals surface area (Å²) in [6.07, 6.45) is 4.07. The SMILES string of the molecule is O=C(NC1CCC(O)CC1)c1ccn(-c2ccccc2[N+](=O)[O-])n1. The molecule has 126 valence electrons. The molecule has 1 aliphatic carbocycles. The first-order chi connectivity index (χ1) is 11.5. The van der Waals surface area contributed by atoms with Gasteiger partial charge in [0.25, 0.3) is 11.6 Å². The zero-order valence-corrected chi connectivity index (χ0v) is 13.0. The molecule has 0 atom stereocenters. The third-order valence-electron chi connectivity index (χ3n) is 4.18. The van der Waals surface area contributed by atoms with Gasteiger partial charge in [-0.15, -0.1) is 0 Å². The van der Waals surface area contributed by atoms with Crippen LogP contribution in [0.5, 0.6) is 0 Å². The maximum atomic E-state index is 12.3. The topological polar surface area (TPSA) is 110 Å². The maximum Gasteiger partial charge on any atom is 0.294 e. The zero-order chi connectivity index (χ0) is 17.1. The molecule has 2 N–H and O–H groups in total. The minimum absolute atomic E-state index is 0.0251. The first-order valence-corrected chi connectivity index (χ1v) is 7.83. The predicted octanol–water partition coefficient (Wildman–Crippen LogP) is 1.81. The van der Waals surface area contributed by atoms with Crippen molar-refractivity contribution in [3.63, 3.8) is 0 Å². The van der Waals surface area contributed by atoms with Crippen LogP contribution in [0.1, 0.15) is 36.2 Å². The van der Waals surface area contributed by atoms with Gasteiger partial charge in [-0.1, -0.05) is 12.1 Å². The van der Waals surface area contributed by atoms with Crippen molar-refractivity contribution in [3.8, 4) is 5.69 Å². The van der Waals surface area contributed by atoms with E-state index in [4.69, 9.17) is 0 Å². The highest BCUT2D eigenvalue weighted by atomic mass is 16.6. The zero-order valence-electron chi connectivity index (χ0n) is 13.0. The molecule has 1 aliphatic rings. The van der Waals surface area contributed by atoms with E-state index in [1.165, 1.54) is 23.0 Å². The van der Waals surface area contributed by atoms with Gasteiger partial charge in [0, 0.05) is 18.3 Å². The lowest BCUT2D eigenvalue weighted by molar-refractivity contribution is -0.384. The van der Waals surface area contributed by atoms with Gasteiger partial charge in [-0.05, 0) is 37.8 Å². The van der Waals surface area contributed by atoms with Crippen molar-refractivity contribution in [2.24, 2.45) is 0 Å². The van der Waals surface area contributed by atoms with E-state index in [1.807, 2.05) is 0 Å². The summed E-state index contributed by atoms with van der Waals surface area (Å²) < 4.78 is 1.33. The van der Waals surface area contributed by atoms with Crippen molar-refractivity contribution in [2.75, 3.05) is 0 Å². The molecule has 1 aromatic carbocycles. The van der Waals surface area contributed by atoms with Crippen LogP contribution < -0.4 is 5.32 Å². The van der Waals surface area contributed by atoms with E-state index in [2.05, 4.69) is 10.4 Å². The monoisotopic (exact) mass is 330 g/mol. The molecule has 8 nitrogen and oxygen atoms in total. The third-order valence-corrected chi connectivity index (χ3v) is 4.18. The quantitative estimate of drug-likeness (QED) is 0.656. The van der Waals surface area contributed by atoms with Crippen LogP contribution in [0.2, 0.25) is 0 Å². The highest BCUT2D eigenvalue weighted by Crippen LogP contribution is 2.22. The number of amides is 1. The Bertz CT molecular complexity index is 750. The van der Waals surface area contributed by atoms with Gasteiger partial charge in [-0.2, -0.15) is 5.10 Å². The van der Waals surface area contributed by atoms with Gasteiger partial charge in [0.05, 0.1) is 11.0 Å². The highest BCUT2D eigenvalue weighted by molar-refractivity contribution is 5.92. The summed E-state index contributed by atoms with van der Waals surface area (Å²) in [5.41, 5.74) is 0.440. The summed E-state index contributed by atoms with van der Waals surface area (Å²) in [4.78, 5) is 22.9. The van der Waals surface area contributed by atoms with Crippen LogP contribution in [0, 0.1) is 10.1 Å². The minimum atomic E-state index is -0.482. The average molecular weight is 330 g/mol. The molecule has 1 fully saturated rings. The van der Waals surface area contributed by atoms with Crippen molar-refractivity contribution in [3.05, 3.63) is 52.3 Å². The van der Waals surface area contributed by atoms with Crippen LogP contribution in [0.3, 0.4) is 0 Å². The van der Waals surface area contributed by atoms with Gasteiger partial charge in [0.1, 0.15) is 5.69 Å². The Labute approximate surface area is 138 Å². The summed E-state index contributed by atoms with van der Waals surface area (Å²) >= 11 is 0. The third kappa shape index (κ3) is 3.43. The number of hydrogen-bond acceptors (Lipinski definition) is 5. The Hall–Kier alpha value is -2.74. The summed E-state index contributed by atoms with van der Waals surface area (Å²) in [5, 5.41) is 27.6. The maximum absolute atomic E-state index is 12.3. The number of aromatic nitrogens is 2. The second-order valence-corrected chi connectivity index (χ2v) is 5.87. The van der Waals surface area contributed by atoms with Gasteiger partial charge in [-0.3, -0.25) is 14.9 Å². The Kier molecular flexibility index (Phi) is 4.57. The molecule has 1 heterocycles. The molecule has 1 amide bonds. The van der Waals surface area contributed by atoms with E-state index < -0.39 is 4.92 Å². The normalized spacial score (nSPS) is 20.5. The number of nitro benzene ring substituents is 1. The van der Waals surface area contributed by atoms with Crippen LogP contribution >= 0.6 is 0 Å². The van der Waals surface area contributed by atoms with Crippen molar-refractivity contribution >= 4 is 11.6 Å². The lowest BCUT2D eigenvalue weighted by Gasteiger charge is -2.25. The summed E-state index contributed by atoms with van der Waals surface area (Å²) in [6.45, 7) is 0. The van der Waals surface area contributed by atoms with Crippen LogP contribution in [0.25, 0.3) is 5.69 Å². The summed E-state index contributed by atoms with van der Waals surface area (Å²) in [5.74, 6) is -0.311. The fourth-order valence-electron chi connectivity index (χ4n) is 2.87. The molecule has 0 spiro atoms. The first-order valence-electron chi connectivity index (χ1n) is 7.83. The number of carbonyl (C=O) groups excluding carboxylic acids is 1. The number of nitrogens with zero attached hydrogens (tertiary/aromatic N) is 3. The molecule has 1 saturated carbocycles. The molecule has 3 rings (SSSR count). The number of benzene rings is 1. The fraction of sp³-hybridized carbons (Fsp3) is 0.375. The number of hydrogen-bond donors (Lipinski definition) is 2. The lowest BCUT2D eigenvalue weighted by atomic mass is 9.93. The van der Waals surface area contributed by atoms with E-state index in [0.29, 0.717) is 18.5 Å². The molecule has 0 aliphatic heterocycles. The fourth-order valence-corrected chi connectivity index (χ4v) is 2.87. The largest absolute Gasteiger partial charge is 0.393 e.